The van der Waals surface area contributed by atoms with Crippen LogP contribution in [0.1, 0.15) is 41.8 Å². The summed E-state index contributed by atoms with van der Waals surface area (Å²) in [6.45, 7) is 0.0963. The van der Waals surface area contributed by atoms with Crippen molar-refractivity contribution in [2.75, 3.05) is 13.2 Å². The Labute approximate surface area is 204 Å². The van der Waals surface area contributed by atoms with Gasteiger partial charge in [-0.3, -0.25) is 14.4 Å². The summed E-state index contributed by atoms with van der Waals surface area (Å²) in [5.74, 6) is -1.98. The van der Waals surface area contributed by atoms with Gasteiger partial charge >= 0.3 is 0 Å². The zero-order valence-corrected chi connectivity index (χ0v) is 19.9. The number of carbonyl (C=O) groups is 3. The second-order valence-electron chi connectivity index (χ2n) is 8.94. The van der Waals surface area contributed by atoms with Crippen LogP contribution in [0, 0.1) is 11.7 Å². The molecule has 4 atom stereocenters. The molecule has 5 rings (SSSR count). The molecule has 3 fully saturated rings. The molecule has 34 heavy (non-hydrogen) atoms. The maximum atomic E-state index is 14.7. The molecule has 0 aromatic carbocycles. The van der Waals surface area contributed by atoms with Crippen LogP contribution < -0.4 is 5.32 Å². The number of rotatable bonds is 5. The van der Waals surface area contributed by atoms with Crippen molar-refractivity contribution in [3.63, 3.8) is 0 Å². The third-order valence-corrected chi connectivity index (χ3v) is 8.31. The van der Waals surface area contributed by atoms with Gasteiger partial charge < -0.3 is 15.0 Å². The van der Waals surface area contributed by atoms with Gasteiger partial charge in [-0.25, -0.2) is 4.39 Å². The number of halogens is 2. The molecule has 3 aliphatic rings. The predicted octanol–water partition coefficient (Wildman–Crippen LogP) is 2.81. The smallest absolute Gasteiger partial charge is 0.265 e. The average Bonchev–Trinajstić information content (AvgIpc) is 3.53. The molecule has 0 radical (unpaired) electrons. The van der Waals surface area contributed by atoms with Crippen LogP contribution in [-0.2, 0) is 14.3 Å². The Morgan fingerprint density at radius 3 is 2.82 bits per heavy atom. The Bertz CT molecular complexity index is 1090. The lowest BCUT2D eigenvalue weighted by Gasteiger charge is -2.34. The number of nitrogens with one attached hydrogen (secondary N) is 1. The normalized spacial score (nSPS) is 25.9. The number of alkyl halides is 1. The van der Waals surface area contributed by atoms with E-state index in [-0.39, 0.29) is 35.6 Å². The molecular weight excluding hydrogens is 483 g/mol. The molecular formula is C23H24ClFN4O4S. The lowest BCUT2D eigenvalue weighted by Crippen LogP contribution is -2.55. The molecule has 2 saturated heterocycles. The van der Waals surface area contributed by atoms with E-state index in [1.807, 2.05) is 0 Å². The van der Waals surface area contributed by atoms with Crippen LogP contribution in [0.15, 0.2) is 24.4 Å². The maximum Gasteiger partial charge on any atom is 0.265 e. The minimum absolute atomic E-state index is 0.0750. The molecule has 8 nitrogen and oxygen atoms in total. The SMILES string of the molecule is O=C(NC(C(=O)N1C[C@H](Cl)[C@H]2OCC(=O)[C@H]21)C1CCCCC1)c1sc(-c2cccnn2)cc1F. The van der Waals surface area contributed by atoms with E-state index in [1.54, 1.807) is 12.1 Å². The van der Waals surface area contributed by atoms with Gasteiger partial charge in [-0.15, -0.1) is 28.0 Å². The number of hydrogen-bond acceptors (Lipinski definition) is 7. The molecule has 0 bridgehead atoms. The fourth-order valence-corrected chi connectivity index (χ4v) is 6.40. The Balaban J connectivity index is 1.40. The van der Waals surface area contributed by atoms with Crippen molar-refractivity contribution in [2.24, 2.45) is 5.92 Å². The third-order valence-electron chi connectivity index (χ3n) is 6.80. The highest BCUT2D eigenvalue weighted by atomic mass is 35.5. The van der Waals surface area contributed by atoms with E-state index in [9.17, 15) is 18.8 Å². The van der Waals surface area contributed by atoms with E-state index in [0.29, 0.717) is 10.6 Å². The molecule has 0 spiro atoms. The second-order valence-corrected chi connectivity index (χ2v) is 10.6. The van der Waals surface area contributed by atoms with E-state index in [2.05, 4.69) is 15.5 Å². The van der Waals surface area contributed by atoms with Crippen molar-refractivity contribution >= 4 is 40.5 Å². The minimum atomic E-state index is -0.870. The lowest BCUT2D eigenvalue weighted by molar-refractivity contribution is -0.139. The van der Waals surface area contributed by atoms with Gasteiger partial charge in [-0.2, -0.15) is 5.10 Å². The standard InChI is InChI=1S/C23H24ClFN4O4S/c24-13-10-29(19-16(30)11-33-20(13)19)23(32)18(12-5-2-1-3-6-12)27-22(31)21-14(25)9-17(34-21)15-7-4-8-26-28-15/h4,7-9,12-13,18-20H,1-3,5-6,10-11H2,(H,27,31)/t13-,18?,19+,20+/m0/s1. The zero-order chi connectivity index (χ0) is 23.8. The first-order valence-electron chi connectivity index (χ1n) is 11.4. The van der Waals surface area contributed by atoms with Crippen LogP contribution in [0.5, 0.6) is 0 Å². The summed E-state index contributed by atoms with van der Waals surface area (Å²) < 4.78 is 20.2. The highest BCUT2D eigenvalue weighted by molar-refractivity contribution is 7.17. The summed E-state index contributed by atoms with van der Waals surface area (Å²) in [5, 5.41) is 10.1. The highest BCUT2D eigenvalue weighted by Crippen LogP contribution is 2.35. The Hall–Kier alpha value is -2.43. The number of aromatic nitrogens is 2. The monoisotopic (exact) mass is 506 g/mol. The minimum Gasteiger partial charge on any atom is -0.366 e. The van der Waals surface area contributed by atoms with Crippen molar-refractivity contribution in [1.29, 1.82) is 0 Å². The molecule has 4 heterocycles. The molecule has 180 valence electrons. The Morgan fingerprint density at radius 2 is 2.09 bits per heavy atom. The van der Waals surface area contributed by atoms with Crippen LogP contribution in [0.25, 0.3) is 10.6 Å². The number of thiophene rings is 1. The first kappa shape index (κ1) is 23.3. The number of nitrogens with zero attached hydrogens (tertiary/aromatic N) is 3. The maximum absolute atomic E-state index is 14.7. The first-order chi connectivity index (χ1) is 16.4. The van der Waals surface area contributed by atoms with Gasteiger partial charge in [0, 0.05) is 12.7 Å². The summed E-state index contributed by atoms with van der Waals surface area (Å²) in [6, 6.07) is 3.00. The molecule has 11 heteroatoms. The van der Waals surface area contributed by atoms with E-state index in [1.165, 1.54) is 17.2 Å². The van der Waals surface area contributed by atoms with Gasteiger partial charge in [0.05, 0.1) is 10.3 Å². The van der Waals surface area contributed by atoms with E-state index in [4.69, 9.17) is 16.3 Å². The third kappa shape index (κ3) is 4.34. The molecule has 2 aromatic rings. The van der Waals surface area contributed by atoms with Crippen LogP contribution in [-0.4, -0.2) is 69.4 Å². The topological polar surface area (TPSA) is 101 Å². The number of carbonyl (C=O) groups excluding carboxylic acids is 3. The van der Waals surface area contributed by atoms with Crippen molar-refractivity contribution in [3.05, 3.63) is 35.1 Å². The molecule has 1 aliphatic carbocycles. The van der Waals surface area contributed by atoms with Gasteiger partial charge in [-0.05, 0) is 37.0 Å². The Morgan fingerprint density at radius 1 is 1.29 bits per heavy atom. The van der Waals surface area contributed by atoms with Gasteiger partial charge in [-0.1, -0.05) is 19.3 Å². The molecule has 2 aromatic heterocycles. The fraction of sp³-hybridized carbons (Fsp3) is 0.522. The highest BCUT2D eigenvalue weighted by Gasteiger charge is 2.53. The van der Waals surface area contributed by atoms with Crippen molar-refractivity contribution < 1.29 is 23.5 Å². The second kappa shape index (κ2) is 9.67. The summed E-state index contributed by atoms with van der Waals surface area (Å²) in [6.07, 6.45) is 5.47. The van der Waals surface area contributed by atoms with Crippen molar-refractivity contribution in [1.82, 2.24) is 20.4 Å². The number of hydrogen-bond donors (Lipinski definition) is 1. The number of Topliss-reactive ketones (excluding diaryl/α,β-unsaturated/α-hetero) is 1. The number of fused-ring (bicyclic) bond motifs is 1. The molecule has 1 N–H and O–H groups in total. The van der Waals surface area contributed by atoms with Crippen LogP contribution in [0.3, 0.4) is 0 Å². The molecule has 1 saturated carbocycles. The van der Waals surface area contributed by atoms with E-state index in [0.717, 1.165) is 43.4 Å². The summed E-state index contributed by atoms with van der Waals surface area (Å²) in [4.78, 5) is 41.1. The van der Waals surface area contributed by atoms with Crippen LogP contribution >= 0.6 is 22.9 Å². The zero-order valence-electron chi connectivity index (χ0n) is 18.3. The van der Waals surface area contributed by atoms with E-state index < -0.39 is 35.3 Å². The van der Waals surface area contributed by atoms with Gasteiger partial charge in [0.15, 0.2) is 5.78 Å². The quantitative estimate of drug-likeness (QED) is 0.626. The van der Waals surface area contributed by atoms with Gasteiger partial charge in [0.25, 0.3) is 5.91 Å². The summed E-state index contributed by atoms with van der Waals surface area (Å²) >= 11 is 7.33. The average molecular weight is 507 g/mol. The van der Waals surface area contributed by atoms with Crippen molar-refractivity contribution in [3.8, 4) is 10.6 Å². The largest absolute Gasteiger partial charge is 0.366 e. The molecule has 2 amide bonds. The van der Waals surface area contributed by atoms with E-state index >= 15 is 0 Å². The molecule has 2 aliphatic heterocycles. The first-order valence-corrected chi connectivity index (χ1v) is 12.7. The van der Waals surface area contributed by atoms with Gasteiger partial charge in [0.1, 0.15) is 41.2 Å². The number of amides is 2. The molecule has 1 unspecified atom stereocenters. The van der Waals surface area contributed by atoms with Crippen LogP contribution in [0.4, 0.5) is 4.39 Å². The van der Waals surface area contributed by atoms with Crippen molar-refractivity contribution in [2.45, 2.75) is 55.7 Å². The number of ketones is 1. The summed E-state index contributed by atoms with van der Waals surface area (Å²) in [5.41, 5.74) is 0.460. The fourth-order valence-electron chi connectivity index (χ4n) is 5.14. The van der Waals surface area contributed by atoms with Gasteiger partial charge in [0.2, 0.25) is 5.91 Å². The predicted molar refractivity (Wildman–Crippen MR) is 123 cm³/mol. The lowest BCUT2D eigenvalue weighted by atomic mass is 9.83. The summed E-state index contributed by atoms with van der Waals surface area (Å²) in [7, 11) is 0. The Kier molecular flexibility index (Phi) is 6.63. The van der Waals surface area contributed by atoms with Crippen LogP contribution in [0.2, 0.25) is 0 Å². The number of likely N-dealkylation sites (tertiary alicyclic amines) is 1. The number of ether oxygens (including phenoxy) is 1.